The van der Waals surface area contributed by atoms with Crippen molar-refractivity contribution in [2.75, 3.05) is 0 Å². The van der Waals surface area contributed by atoms with E-state index in [1.54, 1.807) is 11.4 Å². The Bertz CT molecular complexity index is 975. The first kappa shape index (κ1) is 16.0. The third-order valence-corrected chi connectivity index (χ3v) is 5.38. The molecule has 122 valence electrons. The molecular weight excluding hydrogens is 346 g/mol. The van der Waals surface area contributed by atoms with Crippen LogP contribution in [0.1, 0.15) is 16.4 Å². The van der Waals surface area contributed by atoms with Gasteiger partial charge < -0.3 is 0 Å². The van der Waals surface area contributed by atoms with Gasteiger partial charge in [-0.2, -0.15) is 5.10 Å². The molecule has 0 radical (unpaired) electrons. The van der Waals surface area contributed by atoms with E-state index < -0.39 is 26.6 Å². The number of nitrogens with zero attached hydrogens (tertiary/aromatic N) is 3. The Morgan fingerprint density at radius 2 is 1.87 bits per heavy atom. The molecule has 23 heavy (non-hydrogen) atoms. The third-order valence-electron chi connectivity index (χ3n) is 3.17. The van der Waals surface area contributed by atoms with Gasteiger partial charge in [-0.15, -0.1) is 0 Å². The molecule has 2 aromatic heterocycles. The number of rotatable bonds is 4. The van der Waals surface area contributed by atoms with E-state index in [9.17, 15) is 17.2 Å². The summed E-state index contributed by atoms with van der Waals surface area (Å²) in [6.07, 6.45) is 0. The van der Waals surface area contributed by atoms with Crippen molar-refractivity contribution < 1.29 is 17.2 Å². The maximum atomic E-state index is 13.2. The second-order valence-corrected chi connectivity index (χ2v) is 7.82. The molecule has 0 amide bonds. The molecule has 3 rings (SSSR count). The lowest BCUT2D eigenvalue weighted by molar-refractivity contribution is 0.560. The topological polar surface area (TPSA) is 76.4 Å². The molecule has 0 spiro atoms. The highest BCUT2D eigenvalue weighted by atomic mass is 32.2. The fourth-order valence-electron chi connectivity index (χ4n) is 2.12. The minimum atomic E-state index is -4.06. The van der Waals surface area contributed by atoms with Crippen LogP contribution in [0.15, 0.2) is 23.1 Å². The second kappa shape index (κ2) is 5.62. The largest absolute Gasteiger partial charge is 0.241 e. The first-order valence-corrected chi connectivity index (χ1v) is 8.83. The van der Waals surface area contributed by atoms with E-state index in [0.29, 0.717) is 22.4 Å². The molecule has 0 unspecified atom stereocenters. The molecule has 2 heterocycles. The van der Waals surface area contributed by atoms with Crippen molar-refractivity contribution >= 4 is 26.3 Å². The SMILES string of the molecule is Cc1nn2c(CNS(=O)(=O)c3cc(F)cc(F)c3)c(C)nc2s1. The molecule has 3 aromatic rings. The number of aryl methyl sites for hydroxylation is 2. The van der Waals surface area contributed by atoms with Crippen LogP contribution in [0.25, 0.3) is 4.96 Å². The number of fused-ring (bicyclic) bond motifs is 1. The summed E-state index contributed by atoms with van der Waals surface area (Å²) in [4.78, 5) is 4.49. The molecular formula is C13H12F2N4O2S2. The van der Waals surface area contributed by atoms with Gasteiger partial charge in [0.25, 0.3) is 0 Å². The first-order chi connectivity index (χ1) is 10.8. The van der Waals surface area contributed by atoms with Crippen molar-refractivity contribution in [2.45, 2.75) is 25.3 Å². The van der Waals surface area contributed by atoms with E-state index in [1.165, 1.54) is 11.3 Å². The zero-order chi connectivity index (χ0) is 16.8. The Hall–Kier alpha value is -1.91. The predicted molar refractivity (Wildman–Crippen MR) is 80.7 cm³/mol. The molecule has 0 bridgehead atoms. The summed E-state index contributed by atoms with van der Waals surface area (Å²) in [5, 5.41) is 5.05. The molecule has 0 fully saturated rings. The van der Waals surface area contributed by atoms with Crippen LogP contribution in [0.3, 0.4) is 0 Å². The number of imidazole rings is 1. The smallest absolute Gasteiger partial charge is 0.223 e. The lowest BCUT2D eigenvalue weighted by Gasteiger charge is -2.07. The van der Waals surface area contributed by atoms with Crippen LogP contribution >= 0.6 is 11.3 Å². The van der Waals surface area contributed by atoms with E-state index >= 15 is 0 Å². The monoisotopic (exact) mass is 358 g/mol. The van der Waals surface area contributed by atoms with Crippen LogP contribution < -0.4 is 4.72 Å². The molecule has 0 atom stereocenters. The summed E-state index contributed by atoms with van der Waals surface area (Å²) in [6, 6.07) is 2.14. The summed E-state index contributed by atoms with van der Waals surface area (Å²) in [7, 11) is -4.06. The highest BCUT2D eigenvalue weighted by Crippen LogP contribution is 2.19. The van der Waals surface area contributed by atoms with Crippen LogP contribution in [0.2, 0.25) is 0 Å². The normalized spacial score (nSPS) is 12.2. The van der Waals surface area contributed by atoms with Gasteiger partial charge in [0.15, 0.2) is 0 Å². The van der Waals surface area contributed by atoms with E-state index in [1.807, 2.05) is 6.92 Å². The minimum absolute atomic E-state index is 0.0867. The molecule has 0 aliphatic rings. The summed E-state index contributed by atoms with van der Waals surface area (Å²) in [5.74, 6) is -1.91. The number of aromatic nitrogens is 3. The standard InChI is InChI=1S/C13H12F2N4O2S2/c1-7-12(19-13(17-7)22-8(2)18-19)6-16-23(20,21)11-4-9(14)3-10(15)5-11/h3-5,16H,6H2,1-2H3. The minimum Gasteiger partial charge on any atom is -0.223 e. The molecule has 1 aromatic carbocycles. The predicted octanol–water partition coefficient (Wildman–Crippen LogP) is 2.16. The number of halogens is 2. The number of hydrogen-bond acceptors (Lipinski definition) is 5. The van der Waals surface area contributed by atoms with E-state index in [2.05, 4.69) is 14.8 Å². The van der Waals surface area contributed by atoms with Crippen LogP contribution in [0.5, 0.6) is 0 Å². The lowest BCUT2D eigenvalue weighted by atomic mass is 10.3. The fourth-order valence-corrected chi connectivity index (χ4v) is 3.96. The average Bonchev–Trinajstić information content (AvgIpc) is 2.90. The number of nitrogens with one attached hydrogen (secondary N) is 1. The Balaban J connectivity index is 1.90. The third kappa shape index (κ3) is 3.09. The highest BCUT2D eigenvalue weighted by molar-refractivity contribution is 7.89. The number of benzene rings is 1. The maximum Gasteiger partial charge on any atom is 0.241 e. The Kier molecular flexibility index (Phi) is 3.90. The van der Waals surface area contributed by atoms with Gasteiger partial charge >= 0.3 is 0 Å². The molecule has 0 aliphatic carbocycles. The summed E-state index contributed by atoms with van der Waals surface area (Å²) in [5.41, 5.74) is 1.21. The molecule has 0 aliphatic heterocycles. The van der Waals surface area contributed by atoms with Crippen LogP contribution in [-0.2, 0) is 16.6 Å². The van der Waals surface area contributed by atoms with Gasteiger partial charge in [0, 0.05) is 6.07 Å². The quantitative estimate of drug-likeness (QED) is 0.775. The van der Waals surface area contributed by atoms with Gasteiger partial charge in [-0.25, -0.2) is 31.4 Å². The molecule has 0 saturated carbocycles. The van der Waals surface area contributed by atoms with E-state index in [-0.39, 0.29) is 6.54 Å². The molecule has 1 N–H and O–H groups in total. The number of sulfonamides is 1. The summed E-state index contributed by atoms with van der Waals surface area (Å²) < 4.78 is 54.6. The molecule has 0 saturated heterocycles. The molecule has 6 nitrogen and oxygen atoms in total. The first-order valence-electron chi connectivity index (χ1n) is 6.53. The van der Waals surface area contributed by atoms with Crippen molar-refractivity contribution in [2.24, 2.45) is 0 Å². The number of hydrogen-bond donors (Lipinski definition) is 1. The second-order valence-electron chi connectivity index (χ2n) is 4.89. The van der Waals surface area contributed by atoms with Crippen LogP contribution in [0.4, 0.5) is 8.78 Å². The van der Waals surface area contributed by atoms with Crippen molar-refractivity contribution in [1.29, 1.82) is 0 Å². The van der Waals surface area contributed by atoms with Crippen molar-refractivity contribution in [3.63, 3.8) is 0 Å². The van der Waals surface area contributed by atoms with Crippen molar-refractivity contribution in [3.05, 3.63) is 46.2 Å². The Morgan fingerprint density at radius 3 is 2.52 bits per heavy atom. The zero-order valence-corrected chi connectivity index (χ0v) is 13.8. The van der Waals surface area contributed by atoms with Gasteiger partial charge in [-0.3, -0.25) is 0 Å². The average molecular weight is 358 g/mol. The van der Waals surface area contributed by atoms with Gasteiger partial charge in [0.2, 0.25) is 15.0 Å². The summed E-state index contributed by atoms with van der Waals surface area (Å²) in [6.45, 7) is 3.47. The highest BCUT2D eigenvalue weighted by Gasteiger charge is 2.19. The van der Waals surface area contributed by atoms with Gasteiger partial charge in [0.05, 0.1) is 22.8 Å². The van der Waals surface area contributed by atoms with Crippen LogP contribution in [0, 0.1) is 25.5 Å². The molecule has 10 heteroatoms. The van der Waals surface area contributed by atoms with E-state index in [4.69, 9.17) is 0 Å². The summed E-state index contributed by atoms with van der Waals surface area (Å²) >= 11 is 1.39. The van der Waals surface area contributed by atoms with Crippen LogP contribution in [-0.4, -0.2) is 23.0 Å². The van der Waals surface area contributed by atoms with E-state index in [0.717, 1.165) is 17.1 Å². The maximum absolute atomic E-state index is 13.2. The zero-order valence-electron chi connectivity index (χ0n) is 12.2. The van der Waals surface area contributed by atoms with Gasteiger partial charge in [-0.05, 0) is 26.0 Å². The van der Waals surface area contributed by atoms with Crippen molar-refractivity contribution in [1.82, 2.24) is 19.3 Å². The Morgan fingerprint density at radius 1 is 1.22 bits per heavy atom. The van der Waals surface area contributed by atoms with Gasteiger partial charge in [0.1, 0.15) is 16.6 Å². The lowest BCUT2D eigenvalue weighted by Crippen LogP contribution is -2.24. The van der Waals surface area contributed by atoms with Crippen molar-refractivity contribution in [3.8, 4) is 0 Å². The fraction of sp³-hybridized carbons (Fsp3) is 0.231. The Labute approximate surface area is 134 Å². The van der Waals surface area contributed by atoms with Gasteiger partial charge in [-0.1, -0.05) is 11.3 Å².